The van der Waals surface area contributed by atoms with Crippen molar-refractivity contribution in [3.05, 3.63) is 0 Å². The van der Waals surface area contributed by atoms with Crippen LogP contribution in [0.4, 0.5) is 0 Å². The molecule has 0 radical (unpaired) electrons. The van der Waals surface area contributed by atoms with Crippen molar-refractivity contribution < 1.29 is 29.9 Å². The Kier molecular flexibility index (Phi) is 63.8. The van der Waals surface area contributed by atoms with Gasteiger partial charge in [-0.25, -0.2) is 0 Å². The SMILES string of the molecule is C.C.C.C1CO1.OCCO.[O-]CCOCCO. The number of aliphatic hydroxyl groups is 3. The third-order valence-electron chi connectivity index (χ3n) is 0.767. The fourth-order valence-corrected chi connectivity index (χ4v) is 0.226. The lowest BCUT2D eigenvalue weighted by atomic mass is 10.7. The minimum Gasteiger partial charge on any atom is -0.853 e. The summed E-state index contributed by atoms with van der Waals surface area (Å²) in [5.41, 5.74) is 0. The van der Waals surface area contributed by atoms with Gasteiger partial charge in [-0.05, 0) is 0 Å². The molecule has 1 rings (SSSR count). The molecule has 1 aliphatic rings. The summed E-state index contributed by atoms with van der Waals surface area (Å²) >= 11 is 0. The largest absolute Gasteiger partial charge is 0.853 e. The van der Waals surface area contributed by atoms with E-state index in [4.69, 9.17) is 15.3 Å². The molecule has 6 nitrogen and oxygen atoms in total. The summed E-state index contributed by atoms with van der Waals surface area (Å²) in [4.78, 5) is 0. The smallest absolute Gasteiger partial charge is 0.0701 e. The Bertz CT molecular complexity index is 71.6. The van der Waals surface area contributed by atoms with Gasteiger partial charge in [0.1, 0.15) is 0 Å². The van der Waals surface area contributed by atoms with Crippen LogP contribution in [0.25, 0.3) is 0 Å². The highest BCUT2D eigenvalue weighted by atomic mass is 16.6. The monoisotopic (exact) mass is 259 g/mol. The first-order chi connectivity index (χ1) is 6.83. The molecule has 6 heteroatoms. The molecule has 0 amide bonds. The van der Waals surface area contributed by atoms with Crippen LogP contribution in [0.5, 0.6) is 0 Å². The quantitative estimate of drug-likeness (QED) is 0.443. The molecule has 1 heterocycles. The van der Waals surface area contributed by atoms with Gasteiger partial charge in [-0.15, -0.1) is 6.61 Å². The fourth-order valence-electron chi connectivity index (χ4n) is 0.226. The molecule has 0 atom stereocenters. The van der Waals surface area contributed by atoms with Crippen molar-refractivity contribution in [2.75, 3.05) is 52.9 Å². The van der Waals surface area contributed by atoms with Gasteiger partial charge in [0.05, 0.1) is 39.6 Å². The Morgan fingerprint density at radius 2 is 1.29 bits per heavy atom. The molecular formula is C11H31O6-. The highest BCUT2D eigenvalue weighted by Crippen LogP contribution is 1.84. The van der Waals surface area contributed by atoms with E-state index in [2.05, 4.69) is 9.47 Å². The van der Waals surface area contributed by atoms with E-state index in [0.717, 1.165) is 13.2 Å². The first-order valence-electron chi connectivity index (χ1n) is 4.39. The first kappa shape index (κ1) is 30.1. The maximum atomic E-state index is 9.60. The maximum Gasteiger partial charge on any atom is 0.0701 e. The summed E-state index contributed by atoms with van der Waals surface area (Å²) in [5.74, 6) is 0. The van der Waals surface area contributed by atoms with Gasteiger partial charge < -0.3 is 29.9 Å². The molecule has 1 fully saturated rings. The zero-order valence-corrected chi connectivity index (χ0v) is 8.22. The normalized spacial score (nSPS) is 9.88. The van der Waals surface area contributed by atoms with Gasteiger partial charge in [-0.3, -0.25) is 0 Å². The summed E-state index contributed by atoms with van der Waals surface area (Å²) < 4.78 is 9.07. The van der Waals surface area contributed by atoms with E-state index in [1.54, 1.807) is 0 Å². The summed E-state index contributed by atoms with van der Waals surface area (Å²) in [5, 5.41) is 32.9. The third kappa shape index (κ3) is 89.9. The molecular weight excluding hydrogens is 228 g/mol. The predicted octanol–water partition coefficient (Wildman–Crippen LogP) is -0.748. The van der Waals surface area contributed by atoms with Gasteiger partial charge in [-0.1, -0.05) is 22.3 Å². The van der Waals surface area contributed by atoms with Gasteiger partial charge >= 0.3 is 0 Å². The molecule has 1 aliphatic heterocycles. The molecule has 0 unspecified atom stereocenters. The second-order valence-electron chi connectivity index (χ2n) is 2.10. The van der Waals surface area contributed by atoms with Crippen molar-refractivity contribution in [1.82, 2.24) is 0 Å². The zero-order chi connectivity index (χ0) is 11.1. The average Bonchev–Trinajstić information content (AvgIpc) is 3.06. The third-order valence-corrected chi connectivity index (χ3v) is 0.767. The lowest BCUT2D eigenvalue weighted by Crippen LogP contribution is -2.14. The van der Waals surface area contributed by atoms with E-state index >= 15 is 0 Å². The number of epoxide rings is 1. The Morgan fingerprint density at radius 3 is 1.47 bits per heavy atom. The lowest BCUT2D eigenvalue weighted by Gasteiger charge is -2.01. The Hall–Kier alpha value is -0.240. The number of aliphatic hydroxyl groups excluding tert-OH is 3. The standard InChI is InChI=1S/C4H9O3.C2H6O2.C2H4O.3CH4/c5-1-3-7-4-2-6;3-1-2-4;1-2-3-1;;;/h5H,1-4H2;3-4H,1-2H2;1-2H2;3*1H4/q-1;;;;;. The van der Waals surface area contributed by atoms with Crippen LogP contribution in [-0.2, 0) is 9.47 Å². The second-order valence-corrected chi connectivity index (χ2v) is 2.10. The molecule has 3 N–H and O–H groups in total. The van der Waals surface area contributed by atoms with E-state index in [0.29, 0.717) is 0 Å². The van der Waals surface area contributed by atoms with Gasteiger partial charge in [0.15, 0.2) is 0 Å². The van der Waals surface area contributed by atoms with Gasteiger partial charge in [-0.2, -0.15) is 0 Å². The zero-order valence-electron chi connectivity index (χ0n) is 8.22. The molecule has 112 valence electrons. The summed E-state index contributed by atoms with van der Waals surface area (Å²) in [6, 6.07) is 0. The highest BCUT2D eigenvalue weighted by Gasteiger charge is 1.94. The molecule has 0 aromatic carbocycles. The van der Waals surface area contributed by atoms with E-state index in [-0.39, 0.29) is 61.9 Å². The molecule has 0 saturated carbocycles. The van der Waals surface area contributed by atoms with Gasteiger partial charge in [0.2, 0.25) is 0 Å². The fraction of sp³-hybridized carbons (Fsp3) is 1.00. The van der Waals surface area contributed by atoms with Crippen molar-refractivity contribution in [3.8, 4) is 0 Å². The van der Waals surface area contributed by atoms with E-state index in [1.807, 2.05) is 0 Å². The Balaban J connectivity index is -0.0000000418. The molecule has 0 aliphatic carbocycles. The van der Waals surface area contributed by atoms with Crippen molar-refractivity contribution in [3.63, 3.8) is 0 Å². The molecule has 0 bridgehead atoms. The van der Waals surface area contributed by atoms with Crippen molar-refractivity contribution in [2.24, 2.45) is 0 Å². The summed E-state index contributed by atoms with van der Waals surface area (Å²) in [6.07, 6.45) is 0. The predicted molar refractivity (Wildman–Crippen MR) is 68.0 cm³/mol. The van der Waals surface area contributed by atoms with E-state index in [9.17, 15) is 5.11 Å². The minimum absolute atomic E-state index is 0. The Morgan fingerprint density at radius 1 is 0.882 bits per heavy atom. The van der Waals surface area contributed by atoms with Crippen LogP contribution in [0.2, 0.25) is 0 Å². The van der Waals surface area contributed by atoms with Crippen LogP contribution < -0.4 is 5.11 Å². The summed E-state index contributed by atoms with van der Waals surface area (Å²) in [6.45, 7) is 2.02. The second kappa shape index (κ2) is 36.0. The van der Waals surface area contributed by atoms with E-state index < -0.39 is 0 Å². The van der Waals surface area contributed by atoms with Crippen LogP contribution >= 0.6 is 0 Å². The van der Waals surface area contributed by atoms with E-state index in [1.165, 1.54) is 0 Å². The van der Waals surface area contributed by atoms with Gasteiger partial charge in [0, 0.05) is 6.61 Å². The average molecular weight is 259 g/mol. The molecule has 0 spiro atoms. The highest BCUT2D eigenvalue weighted by molar-refractivity contribution is 4.36. The van der Waals surface area contributed by atoms with Crippen LogP contribution in [0.15, 0.2) is 0 Å². The van der Waals surface area contributed by atoms with Crippen LogP contribution in [0, 0.1) is 0 Å². The molecule has 0 aromatic rings. The number of hydrogen-bond donors (Lipinski definition) is 3. The first-order valence-corrected chi connectivity index (χ1v) is 4.39. The minimum atomic E-state index is -0.222. The van der Waals surface area contributed by atoms with Gasteiger partial charge in [0.25, 0.3) is 0 Å². The van der Waals surface area contributed by atoms with Crippen molar-refractivity contribution >= 4 is 0 Å². The topological polar surface area (TPSA) is 106 Å². The van der Waals surface area contributed by atoms with Crippen molar-refractivity contribution in [2.45, 2.75) is 22.3 Å². The molecule has 1 saturated heterocycles. The maximum absolute atomic E-state index is 9.60. The number of hydrogen-bond acceptors (Lipinski definition) is 6. The summed E-state index contributed by atoms with van der Waals surface area (Å²) in [7, 11) is 0. The van der Waals surface area contributed by atoms with Crippen LogP contribution in [-0.4, -0.2) is 68.2 Å². The number of rotatable bonds is 5. The van der Waals surface area contributed by atoms with Crippen molar-refractivity contribution in [1.29, 1.82) is 0 Å². The number of ether oxygens (including phenoxy) is 2. The molecule has 0 aromatic heterocycles. The van der Waals surface area contributed by atoms with Crippen LogP contribution in [0.3, 0.4) is 0 Å². The van der Waals surface area contributed by atoms with Crippen LogP contribution in [0.1, 0.15) is 22.3 Å². The molecule has 17 heavy (non-hydrogen) atoms. The lowest BCUT2D eigenvalue weighted by molar-refractivity contribution is -0.374. The Labute approximate surface area is 106 Å².